The van der Waals surface area contributed by atoms with Crippen molar-refractivity contribution in [1.29, 1.82) is 0 Å². The third-order valence-electron chi connectivity index (χ3n) is 2.66. The molecule has 1 amide bonds. The molecule has 1 aromatic rings. The Balaban J connectivity index is 2.88. The Labute approximate surface area is 125 Å². The summed E-state index contributed by atoms with van der Waals surface area (Å²) >= 11 is 6.10. The maximum atomic E-state index is 12.1. The molecule has 0 aliphatic rings. The quantitative estimate of drug-likeness (QED) is 0.839. The zero-order chi connectivity index (χ0) is 15.5. The number of nitrogens with one attached hydrogen (secondary N) is 2. The van der Waals surface area contributed by atoms with Crippen molar-refractivity contribution in [2.24, 2.45) is 0 Å². The summed E-state index contributed by atoms with van der Waals surface area (Å²) in [5.74, 6) is 0.697. The molecule has 0 aromatic carbocycles. The van der Waals surface area contributed by atoms with Crippen LogP contribution < -0.4 is 10.6 Å². The highest BCUT2D eigenvalue weighted by Crippen LogP contribution is 2.28. The number of carbonyl (C=O) groups is 1. The van der Waals surface area contributed by atoms with Crippen LogP contribution in [0.2, 0.25) is 5.15 Å². The highest BCUT2D eigenvalue weighted by molar-refractivity contribution is 6.30. The minimum atomic E-state index is -0.405. The van der Waals surface area contributed by atoms with Crippen LogP contribution in [0.4, 0.5) is 5.82 Å². The largest absolute Gasteiger partial charge is 0.358 e. The Morgan fingerprint density at radius 1 is 1.25 bits per heavy atom. The number of halogens is 1. The number of hydrogen-bond donors (Lipinski definition) is 2. The first-order valence-electron chi connectivity index (χ1n) is 6.70. The van der Waals surface area contributed by atoms with E-state index in [1.807, 2.05) is 34.6 Å². The average molecular weight is 299 g/mol. The van der Waals surface area contributed by atoms with Crippen molar-refractivity contribution < 1.29 is 4.79 Å². The second-order valence-corrected chi connectivity index (χ2v) is 6.54. The zero-order valence-corrected chi connectivity index (χ0v) is 13.7. The van der Waals surface area contributed by atoms with E-state index in [1.54, 1.807) is 6.92 Å². The molecule has 0 saturated carbocycles. The predicted octanol–water partition coefficient (Wildman–Crippen LogP) is 2.97. The number of rotatable bonds is 4. The van der Waals surface area contributed by atoms with Crippen LogP contribution in [0.15, 0.2) is 6.33 Å². The Hall–Kier alpha value is -1.36. The summed E-state index contributed by atoms with van der Waals surface area (Å²) in [4.78, 5) is 20.3. The highest BCUT2D eigenvalue weighted by atomic mass is 35.5. The van der Waals surface area contributed by atoms with Crippen molar-refractivity contribution in [3.8, 4) is 0 Å². The second kappa shape index (κ2) is 6.39. The number of nitrogens with zero attached hydrogens (tertiary/aromatic N) is 2. The molecule has 1 heterocycles. The van der Waals surface area contributed by atoms with Crippen LogP contribution in [0, 0.1) is 0 Å². The molecule has 0 spiro atoms. The average Bonchev–Trinajstić information content (AvgIpc) is 2.25. The van der Waals surface area contributed by atoms with Crippen molar-refractivity contribution in [3.05, 3.63) is 17.0 Å². The fraction of sp³-hybridized carbons (Fsp3) is 0.643. The summed E-state index contributed by atoms with van der Waals surface area (Å²) in [5.41, 5.74) is 0.557. The molecule has 0 radical (unpaired) electrons. The molecule has 1 aromatic heterocycles. The highest BCUT2D eigenvalue weighted by Gasteiger charge is 2.21. The maximum absolute atomic E-state index is 12.1. The van der Waals surface area contributed by atoms with E-state index in [-0.39, 0.29) is 17.4 Å². The first kappa shape index (κ1) is 16.7. The van der Waals surface area contributed by atoms with Crippen molar-refractivity contribution in [2.75, 3.05) is 5.32 Å². The van der Waals surface area contributed by atoms with Gasteiger partial charge in [-0.05, 0) is 33.6 Å². The molecular weight excluding hydrogens is 276 g/mol. The van der Waals surface area contributed by atoms with Gasteiger partial charge in [0.15, 0.2) is 0 Å². The van der Waals surface area contributed by atoms with Gasteiger partial charge in [0.05, 0.1) is 0 Å². The third kappa shape index (κ3) is 4.63. The Bertz CT molecular complexity index is 483. The van der Waals surface area contributed by atoms with Gasteiger partial charge < -0.3 is 10.6 Å². The molecule has 0 fully saturated rings. The molecule has 112 valence electrons. The van der Waals surface area contributed by atoms with Crippen molar-refractivity contribution in [2.45, 2.75) is 59.0 Å². The second-order valence-electron chi connectivity index (χ2n) is 6.19. The fourth-order valence-corrected chi connectivity index (χ4v) is 2.10. The summed E-state index contributed by atoms with van der Waals surface area (Å²) in [7, 11) is 0. The van der Waals surface area contributed by atoms with E-state index in [0.717, 1.165) is 5.56 Å². The van der Waals surface area contributed by atoms with Gasteiger partial charge in [-0.25, -0.2) is 9.97 Å². The molecule has 5 nitrogen and oxygen atoms in total. The standard InChI is InChI=1S/C14H23ClN4O/c1-8(2)10-11(15)16-7-17-12(10)18-9(3)13(20)19-14(4,5)6/h7-9H,1-6H3,(H,19,20)(H,16,17,18). The molecule has 1 unspecified atom stereocenters. The summed E-state index contributed by atoms with van der Waals surface area (Å²) < 4.78 is 0. The lowest BCUT2D eigenvalue weighted by Gasteiger charge is -2.24. The fourth-order valence-electron chi connectivity index (χ4n) is 1.75. The van der Waals surface area contributed by atoms with Crippen molar-refractivity contribution in [1.82, 2.24) is 15.3 Å². The van der Waals surface area contributed by atoms with Crippen LogP contribution >= 0.6 is 11.6 Å². The number of anilines is 1. The number of amides is 1. The molecule has 1 rings (SSSR count). The minimum absolute atomic E-state index is 0.0815. The summed E-state index contributed by atoms with van der Waals surface area (Å²) in [5, 5.41) is 6.45. The first-order valence-corrected chi connectivity index (χ1v) is 7.08. The molecule has 0 aliphatic heterocycles. The lowest BCUT2D eigenvalue weighted by atomic mass is 10.1. The Kier molecular flexibility index (Phi) is 5.34. The molecule has 6 heteroatoms. The van der Waals surface area contributed by atoms with Crippen molar-refractivity contribution in [3.63, 3.8) is 0 Å². The smallest absolute Gasteiger partial charge is 0.242 e. The van der Waals surface area contributed by atoms with Gasteiger partial charge in [0.1, 0.15) is 23.3 Å². The van der Waals surface area contributed by atoms with Gasteiger partial charge in [0.25, 0.3) is 0 Å². The van der Waals surface area contributed by atoms with E-state index in [1.165, 1.54) is 6.33 Å². The molecule has 20 heavy (non-hydrogen) atoms. The van der Waals surface area contributed by atoms with Crippen LogP contribution in [-0.4, -0.2) is 27.5 Å². The molecule has 1 atom stereocenters. The maximum Gasteiger partial charge on any atom is 0.242 e. The van der Waals surface area contributed by atoms with Crippen LogP contribution in [0.5, 0.6) is 0 Å². The molecule has 0 bridgehead atoms. The van der Waals surface area contributed by atoms with Crippen LogP contribution in [-0.2, 0) is 4.79 Å². The molecule has 0 aliphatic carbocycles. The van der Waals surface area contributed by atoms with Crippen LogP contribution in [0.1, 0.15) is 53.0 Å². The summed E-state index contributed by atoms with van der Waals surface area (Å²) in [6.45, 7) is 11.6. The van der Waals surface area contributed by atoms with E-state index in [4.69, 9.17) is 11.6 Å². The number of hydrogen-bond acceptors (Lipinski definition) is 4. The summed E-state index contributed by atoms with van der Waals surface area (Å²) in [6.07, 6.45) is 1.39. The van der Waals surface area contributed by atoms with Gasteiger partial charge in [0, 0.05) is 11.1 Å². The van der Waals surface area contributed by atoms with E-state index >= 15 is 0 Å². The lowest BCUT2D eigenvalue weighted by molar-refractivity contribution is -0.122. The number of aromatic nitrogens is 2. The number of carbonyl (C=O) groups excluding carboxylic acids is 1. The van der Waals surface area contributed by atoms with Crippen LogP contribution in [0.3, 0.4) is 0 Å². The predicted molar refractivity (Wildman–Crippen MR) is 82.1 cm³/mol. The van der Waals surface area contributed by atoms with Crippen molar-refractivity contribution >= 4 is 23.3 Å². The SMILES string of the molecule is CC(Nc1ncnc(Cl)c1C(C)C)C(=O)NC(C)(C)C. The monoisotopic (exact) mass is 298 g/mol. The van der Waals surface area contributed by atoms with Gasteiger partial charge in [0.2, 0.25) is 5.91 Å². The molecule has 0 saturated heterocycles. The van der Waals surface area contributed by atoms with E-state index < -0.39 is 6.04 Å². The topological polar surface area (TPSA) is 66.9 Å². The van der Waals surface area contributed by atoms with Gasteiger partial charge in [-0.15, -0.1) is 0 Å². The van der Waals surface area contributed by atoms with Gasteiger partial charge in [-0.2, -0.15) is 0 Å². The minimum Gasteiger partial charge on any atom is -0.358 e. The van der Waals surface area contributed by atoms with Gasteiger partial charge in [-0.1, -0.05) is 25.4 Å². The molecular formula is C14H23ClN4O. The van der Waals surface area contributed by atoms with Gasteiger partial charge >= 0.3 is 0 Å². The van der Waals surface area contributed by atoms with E-state index in [0.29, 0.717) is 11.0 Å². The normalized spacial score (nSPS) is 13.2. The Morgan fingerprint density at radius 3 is 2.35 bits per heavy atom. The van der Waals surface area contributed by atoms with E-state index in [9.17, 15) is 4.79 Å². The van der Waals surface area contributed by atoms with Crippen LogP contribution in [0.25, 0.3) is 0 Å². The lowest BCUT2D eigenvalue weighted by Crippen LogP contribution is -2.47. The van der Waals surface area contributed by atoms with Gasteiger partial charge in [-0.3, -0.25) is 4.79 Å². The molecule has 2 N–H and O–H groups in total. The third-order valence-corrected chi connectivity index (χ3v) is 2.96. The summed E-state index contributed by atoms with van der Waals surface area (Å²) in [6, 6.07) is -0.405. The Morgan fingerprint density at radius 2 is 1.85 bits per heavy atom. The zero-order valence-electron chi connectivity index (χ0n) is 12.9. The van der Waals surface area contributed by atoms with E-state index in [2.05, 4.69) is 20.6 Å². The first-order chi connectivity index (χ1) is 9.11.